The van der Waals surface area contributed by atoms with Gasteiger partial charge < -0.3 is 5.11 Å². The minimum atomic E-state index is -0.485. The number of pyridine rings is 1. The molecule has 84 valence electrons. The van der Waals surface area contributed by atoms with Gasteiger partial charge >= 0.3 is 0 Å². The van der Waals surface area contributed by atoms with Gasteiger partial charge in [0, 0.05) is 6.20 Å². The van der Waals surface area contributed by atoms with E-state index in [1.54, 1.807) is 18.3 Å². The van der Waals surface area contributed by atoms with Gasteiger partial charge in [-0.1, -0.05) is 32.4 Å². The van der Waals surface area contributed by atoms with Crippen molar-refractivity contribution in [1.29, 1.82) is 0 Å². The molecule has 1 aromatic heterocycles. The van der Waals surface area contributed by atoms with Gasteiger partial charge in [-0.3, -0.25) is 4.98 Å². The van der Waals surface area contributed by atoms with Crippen LogP contribution in [0.15, 0.2) is 18.3 Å². The molecule has 0 aliphatic heterocycles. The Labute approximate surface area is 96.3 Å². The summed E-state index contributed by atoms with van der Waals surface area (Å²) >= 11 is 5.72. The van der Waals surface area contributed by atoms with Crippen molar-refractivity contribution in [2.24, 2.45) is 5.41 Å². The molecule has 1 aromatic rings. The molecule has 0 radical (unpaired) electrons. The largest absolute Gasteiger partial charge is 0.387 e. The first-order chi connectivity index (χ1) is 6.88. The first-order valence-electron chi connectivity index (χ1n) is 5.18. The Morgan fingerprint density at radius 2 is 2.07 bits per heavy atom. The van der Waals surface area contributed by atoms with Crippen molar-refractivity contribution in [3.8, 4) is 0 Å². The van der Waals surface area contributed by atoms with Crippen LogP contribution in [0.2, 0.25) is 5.02 Å². The summed E-state index contributed by atoms with van der Waals surface area (Å²) in [5.41, 5.74) is 0.941. The zero-order valence-corrected chi connectivity index (χ0v) is 10.3. The predicted octanol–water partition coefficient (Wildman–Crippen LogP) is 3.59. The summed E-state index contributed by atoms with van der Waals surface area (Å²) in [7, 11) is 0. The molecule has 0 amide bonds. The third kappa shape index (κ3) is 4.63. The summed E-state index contributed by atoms with van der Waals surface area (Å²) in [6, 6.07) is 3.53. The van der Waals surface area contributed by atoms with Crippen LogP contribution in [0.1, 0.15) is 45.4 Å². The highest BCUT2D eigenvalue weighted by Crippen LogP contribution is 2.26. The SMILES string of the molecule is CC(C)(C)CC[C@H](O)c1ccc(Cl)cn1. The Kier molecular flexibility index (Phi) is 4.12. The van der Waals surface area contributed by atoms with E-state index in [9.17, 15) is 5.11 Å². The Bertz CT molecular complexity index is 302. The Morgan fingerprint density at radius 1 is 1.40 bits per heavy atom. The van der Waals surface area contributed by atoms with E-state index in [4.69, 9.17) is 11.6 Å². The number of hydrogen-bond acceptors (Lipinski definition) is 2. The summed E-state index contributed by atoms with van der Waals surface area (Å²) < 4.78 is 0. The molecule has 2 nitrogen and oxygen atoms in total. The van der Waals surface area contributed by atoms with Crippen molar-refractivity contribution in [2.75, 3.05) is 0 Å². The number of hydrogen-bond donors (Lipinski definition) is 1. The van der Waals surface area contributed by atoms with Gasteiger partial charge in [-0.25, -0.2) is 0 Å². The molecular weight excluding hydrogens is 210 g/mol. The average molecular weight is 228 g/mol. The Morgan fingerprint density at radius 3 is 2.53 bits per heavy atom. The molecule has 0 aromatic carbocycles. The molecule has 0 spiro atoms. The molecule has 0 saturated heterocycles. The highest BCUT2D eigenvalue weighted by molar-refractivity contribution is 6.30. The van der Waals surface area contributed by atoms with E-state index in [0.29, 0.717) is 10.7 Å². The Hall–Kier alpha value is -0.600. The van der Waals surface area contributed by atoms with Crippen LogP contribution in [-0.2, 0) is 0 Å². The van der Waals surface area contributed by atoms with Gasteiger partial charge in [0.1, 0.15) is 0 Å². The first-order valence-corrected chi connectivity index (χ1v) is 5.56. The quantitative estimate of drug-likeness (QED) is 0.856. The van der Waals surface area contributed by atoms with Crippen LogP contribution in [0, 0.1) is 5.41 Å². The number of aromatic nitrogens is 1. The van der Waals surface area contributed by atoms with Crippen molar-refractivity contribution in [1.82, 2.24) is 4.98 Å². The summed E-state index contributed by atoms with van der Waals surface area (Å²) in [6.07, 6.45) is 2.79. The normalized spacial score (nSPS) is 13.9. The second-order valence-electron chi connectivity index (χ2n) is 5.02. The van der Waals surface area contributed by atoms with Crippen molar-refractivity contribution in [3.05, 3.63) is 29.0 Å². The zero-order chi connectivity index (χ0) is 11.5. The first kappa shape index (κ1) is 12.5. The highest BCUT2D eigenvalue weighted by Gasteiger charge is 2.15. The molecule has 1 rings (SSSR count). The fourth-order valence-electron chi connectivity index (χ4n) is 1.30. The van der Waals surface area contributed by atoms with Gasteiger partial charge in [-0.2, -0.15) is 0 Å². The molecule has 0 fully saturated rings. The van der Waals surface area contributed by atoms with Crippen LogP contribution < -0.4 is 0 Å². The van der Waals surface area contributed by atoms with E-state index >= 15 is 0 Å². The maximum absolute atomic E-state index is 9.87. The lowest BCUT2D eigenvalue weighted by atomic mass is 9.89. The van der Waals surface area contributed by atoms with E-state index in [0.717, 1.165) is 12.8 Å². The smallest absolute Gasteiger partial charge is 0.0960 e. The second kappa shape index (κ2) is 4.95. The van der Waals surface area contributed by atoms with Gasteiger partial charge in [0.05, 0.1) is 16.8 Å². The highest BCUT2D eigenvalue weighted by atomic mass is 35.5. The van der Waals surface area contributed by atoms with Crippen molar-refractivity contribution in [2.45, 2.75) is 39.7 Å². The fraction of sp³-hybridized carbons (Fsp3) is 0.583. The van der Waals surface area contributed by atoms with Gasteiger partial charge in [-0.15, -0.1) is 0 Å². The third-order valence-corrected chi connectivity index (χ3v) is 2.48. The van der Waals surface area contributed by atoms with Crippen molar-refractivity contribution in [3.63, 3.8) is 0 Å². The monoisotopic (exact) mass is 227 g/mol. The van der Waals surface area contributed by atoms with E-state index < -0.39 is 6.10 Å². The van der Waals surface area contributed by atoms with E-state index in [-0.39, 0.29) is 5.41 Å². The lowest BCUT2D eigenvalue weighted by molar-refractivity contribution is 0.143. The molecule has 1 heterocycles. The van der Waals surface area contributed by atoms with Crippen molar-refractivity contribution < 1.29 is 5.11 Å². The van der Waals surface area contributed by atoms with Crippen LogP contribution in [0.5, 0.6) is 0 Å². The third-order valence-electron chi connectivity index (χ3n) is 2.26. The number of rotatable bonds is 3. The fourth-order valence-corrected chi connectivity index (χ4v) is 1.41. The number of halogens is 1. The zero-order valence-electron chi connectivity index (χ0n) is 9.50. The van der Waals surface area contributed by atoms with Crippen LogP contribution in [-0.4, -0.2) is 10.1 Å². The minimum absolute atomic E-state index is 0.243. The van der Waals surface area contributed by atoms with Gasteiger partial charge in [0.2, 0.25) is 0 Å². The van der Waals surface area contributed by atoms with Crippen LogP contribution in [0.3, 0.4) is 0 Å². The number of nitrogens with zero attached hydrogens (tertiary/aromatic N) is 1. The molecule has 1 atom stereocenters. The molecule has 1 N–H and O–H groups in total. The predicted molar refractivity (Wildman–Crippen MR) is 62.9 cm³/mol. The molecule has 0 bridgehead atoms. The van der Waals surface area contributed by atoms with Gasteiger partial charge in [0.15, 0.2) is 0 Å². The van der Waals surface area contributed by atoms with Crippen molar-refractivity contribution >= 4 is 11.6 Å². The molecule has 0 aliphatic carbocycles. The summed E-state index contributed by atoms with van der Waals surface area (Å²) in [5.74, 6) is 0. The second-order valence-corrected chi connectivity index (χ2v) is 5.45. The maximum atomic E-state index is 9.87. The van der Waals surface area contributed by atoms with Gasteiger partial charge in [-0.05, 0) is 30.4 Å². The van der Waals surface area contributed by atoms with Gasteiger partial charge in [0.25, 0.3) is 0 Å². The molecule has 0 saturated carbocycles. The number of aliphatic hydroxyl groups is 1. The molecule has 3 heteroatoms. The van der Waals surface area contributed by atoms with E-state index in [2.05, 4.69) is 25.8 Å². The van der Waals surface area contributed by atoms with Crippen LogP contribution >= 0.6 is 11.6 Å². The molecular formula is C12H18ClNO. The molecule has 0 unspecified atom stereocenters. The van der Waals surface area contributed by atoms with E-state index in [1.807, 2.05) is 0 Å². The van der Waals surface area contributed by atoms with E-state index in [1.165, 1.54) is 0 Å². The van der Waals surface area contributed by atoms with Crippen LogP contribution in [0.25, 0.3) is 0 Å². The minimum Gasteiger partial charge on any atom is -0.387 e. The summed E-state index contributed by atoms with van der Waals surface area (Å²) in [6.45, 7) is 6.49. The number of aliphatic hydroxyl groups excluding tert-OH is 1. The lowest BCUT2D eigenvalue weighted by Gasteiger charge is -2.20. The average Bonchev–Trinajstić information content (AvgIpc) is 2.14. The summed E-state index contributed by atoms with van der Waals surface area (Å²) in [5, 5.41) is 10.5. The molecule has 15 heavy (non-hydrogen) atoms. The Balaban J connectivity index is 2.54. The lowest BCUT2D eigenvalue weighted by Crippen LogP contribution is -2.08. The van der Waals surface area contributed by atoms with Crippen LogP contribution in [0.4, 0.5) is 0 Å². The molecule has 0 aliphatic rings. The topological polar surface area (TPSA) is 33.1 Å². The summed E-state index contributed by atoms with van der Waals surface area (Å²) in [4.78, 5) is 4.10. The maximum Gasteiger partial charge on any atom is 0.0960 e. The standard InChI is InChI=1S/C12H18ClNO/c1-12(2,3)7-6-11(15)10-5-4-9(13)8-14-10/h4-5,8,11,15H,6-7H2,1-3H3/t11-/m0/s1.